The molecule has 0 saturated heterocycles. The molecule has 0 bridgehead atoms. The van der Waals surface area contributed by atoms with Gasteiger partial charge in [-0.25, -0.2) is 8.78 Å². The molecule has 1 aliphatic rings. The highest BCUT2D eigenvalue weighted by Gasteiger charge is 2.42. The van der Waals surface area contributed by atoms with E-state index in [1.807, 2.05) is 0 Å². The summed E-state index contributed by atoms with van der Waals surface area (Å²) in [6.07, 6.45) is 2.48. The molecule has 17 heavy (non-hydrogen) atoms. The molecule has 0 spiro atoms. The number of halogens is 2. The first-order valence-electron chi connectivity index (χ1n) is 5.36. The maximum Gasteiger partial charge on any atom is 0.248 e. The molecule has 1 aromatic heterocycles. The van der Waals surface area contributed by atoms with Gasteiger partial charge < -0.3 is 11.1 Å². The van der Waals surface area contributed by atoms with Crippen LogP contribution in [0.5, 0.6) is 0 Å². The van der Waals surface area contributed by atoms with E-state index in [-0.39, 0.29) is 19.3 Å². The van der Waals surface area contributed by atoms with Crippen LogP contribution >= 0.6 is 0 Å². The molecule has 1 saturated carbocycles. The number of rotatable bonds is 2. The Kier molecular flexibility index (Phi) is 2.95. The average Bonchev–Trinajstić information content (AvgIpc) is 2.62. The number of hydrogen-bond acceptors (Lipinski definition) is 3. The number of amides is 1. The van der Waals surface area contributed by atoms with Crippen LogP contribution in [0.4, 0.5) is 20.2 Å². The van der Waals surface area contributed by atoms with Gasteiger partial charge in [-0.05, 0) is 12.5 Å². The van der Waals surface area contributed by atoms with Crippen molar-refractivity contribution in [3.8, 4) is 0 Å². The maximum atomic E-state index is 13.0. The summed E-state index contributed by atoms with van der Waals surface area (Å²) in [6, 6.07) is 1.54. The fraction of sp³-hybridized carbons (Fsp3) is 0.455. The van der Waals surface area contributed by atoms with Gasteiger partial charge in [0.2, 0.25) is 11.8 Å². The second-order valence-corrected chi connectivity index (χ2v) is 4.25. The number of nitrogens with two attached hydrogens (primary N) is 1. The minimum absolute atomic E-state index is 0.212. The Hall–Kier alpha value is -1.72. The van der Waals surface area contributed by atoms with Gasteiger partial charge in [0, 0.05) is 25.0 Å². The van der Waals surface area contributed by atoms with Crippen molar-refractivity contribution in [3.63, 3.8) is 0 Å². The summed E-state index contributed by atoms with van der Waals surface area (Å²) in [4.78, 5) is 15.5. The quantitative estimate of drug-likeness (QED) is 0.832. The van der Waals surface area contributed by atoms with Gasteiger partial charge in [0.05, 0.1) is 17.6 Å². The van der Waals surface area contributed by atoms with Gasteiger partial charge in [0.15, 0.2) is 0 Å². The Morgan fingerprint density at radius 3 is 2.94 bits per heavy atom. The topological polar surface area (TPSA) is 68.0 Å². The Morgan fingerprint density at radius 2 is 2.35 bits per heavy atom. The predicted octanol–water partition coefficient (Wildman–Crippen LogP) is 2.04. The van der Waals surface area contributed by atoms with E-state index in [0.717, 1.165) is 0 Å². The van der Waals surface area contributed by atoms with Crippen molar-refractivity contribution in [2.45, 2.75) is 25.2 Å². The van der Waals surface area contributed by atoms with Crippen LogP contribution < -0.4 is 11.1 Å². The first kappa shape index (κ1) is 11.8. The molecule has 1 aliphatic carbocycles. The summed E-state index contributed by atoms with van der Waals surface area (Å²) >= 11 is 0. The second kappa shape index (κ2) is 4.27. The zero-order valence-corrected chi connectivity index (χ0v) is 9.12. The standard InChI is InChI=1S/C11H13F2N3O/c12-11(13)3-1-7(5-11)10(17)16-9-2-4-15-6-8(9)14/h2,4,6-7H,1,3,5,14H2,(H,15,16,17). The molecule has 1 amide bonds. The highest BCUT2D eigenvalue weighted by atomic mass is 19.3. The maximum absolute atomic E-state index is 13.0. The SMILES string of the molecule is Nc1cnccc1NC(=O)C1CCC(F)(F)C1. The van der Waals surface area contributed by atoms with Crippen molar-refractivity contribution < 1.29 is 13.6 Å². The molecule has 1 atom stereocenters. The third-order valence-electron chi connectivity index (χ3n) is 2.88. The van der Waals surface area contributed by atoms with Crippen LogP contribution in [0.15, 0.2) is 18.5 Å². The van der Waals surface area contributed by atoms with Crippen LogP contribution in [0.2, 0.25) is 0 Å². The molecular formula is C11H13F2N3O. The molecule has 92 valence electrons. The van der Waals surface area contributed by atoms with E-state index < -0.39 is 17.7 Å². The summed E-state index contributed by atoms with van der Waals surface area (Å²) < 4.78 is 25.9. The lowest BCUT2D eigenvalue weighted by atomic mass is 10.1. The molecule has 1 aromatic rings. The lowest BCUT2D eigenvalue weighted by Gasteiger charge is -2.12. The Morgan fingerprint density at radius 1 is 1.59 bits per heavy atom. The minimum atomic E-state index is -2.72. The molecule has 1 unspecified atom stereocenters. The van der Waals surface area contributed by atoms with Crippen LogP contribution in [-0.2, 0) is 4.79 Å². The van der Waals surface area contributed by atoms with Gasteiger partial charge in [-0.3, -0.25) is 9.78 Å². The van der Waals surface area contributed by atoms with Crippen LogP contribution in [0.1, 0.15) is 19.3 Å². The Labute approximate surface area is 97.2 Å². The average molecular weight is 241 g/mol. The molecule has 1 heterocycles. The van der Waals surface area contributed by atoms with Crippen LogP contribution in [0.3, 0.4) is 0 Å². The number of anilines is 2. The molecule has 6 heteroatoms. The van der Waals surface area contributed by atoms with Gasteiger partial charge in [-0.1, -0.05) is 0 Å². The molecule has 2 rings (SSSR count). The largest absolute Gasteiger partial charge is 0.396 e. The third kappa shape index (κ3) is 2.69. The van der Waals surface area contributed by atoms with E-state index in [4.69, 9.17) is 5.73 Å². The van der Waals surface area contributed by atoms with Crippen LogP contribution in [0.25, 0.3) is 0 Å². The fourth-order valence-electron chi connectivity index (χ4n) is 1.93. The summed E-state index contributed by atoms with van der Waals surface area (Å²) in [5.74, 6) is -3.76. The Balaban J connectivity index is 2.01. The van der Waals surface area contributed by atoms with Crippen LogP contribution in [-0.4, -0.2) is 16.8 Å². The second-order valence-electron chi connectivity index (χ2n) is 4.25. The number of pyridine rings is 1. The number of carbonyl (C=O) groups excluding carboxylic acids is 1. The smallest absolute Gasteiger partial charge is 0.248 e. The van der Waals surface area contributed by atoms with Crippen molar-refractivity contribution in [3.05, 3.63) is 18.5 Å². The van der Waals surface area contributed by atoms with E-state index in [1.54, 1.807) is 6.07 Å². The first-order chi connectivity index (χ1) is 7.98. The van der Waals surface area contributed by atoms with E-state index in [1.165, 1.54) is 12.4 Å². The first-order valence-corrected chi connectivity index (χ1v) is 5.36. The van der Waals surface area contributed by atoms with E-state index >= 15 is 0 Å². The van der Waals surface area contributed by atoms with E-state index in [2.05, 4.69) is 10.3 Å². The number of hydrogen-bond donors (Lipinski definition) is 2. The number of nitrogens with one attached hydrogen (secondary N) is 1. The number of nitrogens with zero attached hydrogens (tertiary/aromatic N) is 1. The van der Waals surface area contributed by atoms with Gasteiger partial charge in [0.1, 0.15) is 0 Å². The van der Waals surface area contributed by atoms with Gasteiger partial charge >= 0.3 is 0 Å². The molecule has 4 nitrogen and oxygen atoms in total. The lowest BCUT2D eigenvalue weighted by molar-refractivity contribution is -0.120. The molecule has 0 radical (unpaired) electrons. The summed E-state index contributed by atoms with van der Waals surface area (Å²) in [7, 11) is 0. The normalized spacial score (nSPS) is 22.4. The van der Waals surface area contributed by atoms with Crippen molar-refractivity contribution in [2.24, 2.45) is 5.92 Å². The number of alkyl halides is 2. The summed E-state index contributed by atoms with van der Waals surface area (Å²) in [5.41, 5.74) is 6.34. The van der Waals surface area contributed by atoms with Crippen molar-refractivity contribution in [1.82, 2.24) is 4.98 Å². The van der Waals surface area contributed by atoms with Crippen LogP contribution in [0, 0.1) is 5.92 Å². The van der Waals surface area contributed by atoms with Gasteiger partial charge in [-0.2, -0.15) is 0 Å². The minimum Gasteiger partial charge on any atom is -0.396 e. The number of aromatic nitrogens is 1. The molecule has 3 N–H and O–H groups in total. The molecule has 0 aromatic carbocycles. The predicted molar refractivity (Wildman–Crippen MR) is 59.6 cm³/mol. The zero-order chi connectivity index (χ0) is 12.5. The lowest BCUT2D eigenvalue weighted by Crippen LogP contribution is -2.23. The Bertz CT molecular complexity index is 436. The van der Waals surface area contributed by atoms with Crippen molar-refractivity contribution in [1.29, 1.82) is 0 Å². The van der Waals surface area contributed by atoms with Crippen molar-refractivity contribution >= 4 is 17.3 Å². The highest BCUT2D eigenvalue weighted by molar-refractivity contribution is 5.95. The fourth-order valence-corrected chi connectivity index (χ4v) is 1.93. The zero-order valence-electron chi connectivity index (χ0n) is 9.12. The molecule has 0 aliphatic heterocycles. The van der Waals surface area contributed by atoms with E-state index in [9.17, 15) is 13.6 Å². The molecule has 1 fully saturated rings. The number of carbonyl (C=O) groups is 1. The van der Waals surface area contributed by atoms with Crippen molar-refractivity contribution in [2.75, 3.05) is 11.1 Å². The third-order valence-corrected chi connectivity index (χ3v) is 2.88. The van der Waals surface area contributed by atoms with Gasteiger partial charge in [0.25, 0.3) is 0 Å². The van der Waals surface area contributed by atoms with Gasteiger partial charge in [-0.15, -0.1) is 0 Å². The summed E-state index contributed by atoms with van der Waals surface area (Å²) in [5, 5.41) is 2.55. The monoisotopic (exact) mass is 241 g/mol. The van der Waals surface area contributed by atoms with E-state index in [0.29, 0.717) is 11.4 Å². The highest BCUT2D eigenvalue weighted by Crippen LogP contribution is 2.39. The number of nitrogen functional groups attached to an aromatic ring is 1. The molecular weight excluding hydrogens is 228 g/mol. The summed E-state index contributed by atoms with van der Waals surface area (Å²) in [6.45, 7) is 0.